The van der Waals surface area contributed by atoms with Crippen LogP contribution >= 0.6 is 0 Å². The number of rotatable bonds is 5. The lowest BCUT2D eigenvalue weighted by Crippen LogP contribution is -2.57. The molecule has 0 radical (unpaired) electrons. The molecule has 178 valence electrons. The fraction of sp³-hybridized carbons (Fsp3) is 0.400. The van der Waals surface area contributed by atoms with Crippen LogP contribution in [0.1, 0.15) is 11.1 Å². The molecule has 13 heteroatoms. The number of fused-ring (bicyclic) bond motifs is 1. The van der Waals surface area contributed by atoms with Crippen molar-refractivity contribution in [3.63, 3.8) is 0 Å². The standard InChI is InChI=1S/C20H22F3N5O4S/c1-27-19(24)26-20(12-6-14(22)15(23)7-13(12)21)10-28(8-16(20)33(27,29)30)17-4-11(9-31-2)5-18(25-17)32-3/h4-7,16H,8-10H2,1-3H3,(H2,24,26)/t16?,20-/m1/s1. The topological polar surface area (TPSA) is 110 Å². The Morgan fingerprint density at radius 1 is 1.15 bits per heavy atom. The van der Waals surface area contributed by atoms with E-state index in [2.05, 4.69) is 9.98 Å². The number of sulfonamides is 1. The van der Waals surface area contributed by atoms with Crippen LogP contribution in [0.15, 0.2) is 29.3 Å². The van der Waals surface area contributed by atoms with Crippen LogP contribution in [0.4, 0.5) is 19.0 Å². The molecule has 2 aliphatic heterocycles. The maximum atomic E-state index is 14.9. The molecule has 1 aromatic carbocycles. The van der Waals surface area contributed by atoms with Crippen LogP contribution in [0.3, 0.4) is 0 Å². The summed E-state index contributed by atoms with van der Waals surface area (Å²) >= 11 is 0. The fourth-order valence-electron chi connectivity index (χ4n) is 4.26. The summed E-state index contributed by atoms with van der Waals surface area (Å²) in [6.07, 6.45) is 0. The maximum absolute atomic E-state index is 14.9. The molecule has 0 spiro atoms. The summed E-state index contributed by atoms with van der Waals surface area (Å²) in [5, 5.41) is -1.35. The third-order valence-electron chi connectivity index (χ3n) is 5.90. The molecule has 33 heavy (non-hydrogen) atoms. The van der Waals surface area contributed by atoms with Gasteiger partial charge in [0.1, 0.15) is 22.4 Å². The zero-order valence-electron chi connectivity index (χ0n) is 18.0. The number of aliphatic imine (C=N–C) groups is 1. The summed E-state index contributed by atoms with van der Waals surface area (Å²) in [6.45, 7) is -0.132. The summed E-state index contributed by atoms with van der Waals surface area (Å²) in [4.78, 5) is 10.3. The Kier molecular flexibility index (Phi) is 5.65. The van der Waals surface area contributed by atoms with E-state index in [9.17, 15) is 21.6 Å². The van der Waals surface area contributed by atoms with Gasteiger partial charge < -0.3 is 20.1 Å². The van der Waals surface area contributed by atoms with E-state index in [-0.39, 0.29) is 25.6 Å². The van der Waals surface area contributed by atoms with Crippen molar-refractivity contribution in [2.75, 3.05) is 39.3 Å². The Labute approximate surface area is 188 Å². The number of pyridine rings is 1. The van der Waals surface area contributed by atoms with E-state index in [0.29, 0.717) is 23.5 Å². The van der Waals surface area contributed by atoms with Gasteiger partial charge in [-0.25, -0.2) is 30.9 Å². The number of halogens is 3. The quantitative estimate of drug-likeness (QED) is 0.636. The van der Waals surface area contributed by atoms with Gasteiger partial charge in [-0.05, 0) is 17.7 Å². The Bertz CT molecular complexity index is 1240. The fourth-order valence-corrected chi connectivity index (χ4v) is 6.06. The van der Waals surface area contributed by atoms with E-state index in [4.69, 9.17) is 15.2 Å². The number of methoxy groups -OCH3 is 2. The summed E-state index contributed by atoms with van der Waals surface area (Å²) in [5.74, 6) is -3.67. The second kappa shape index (κ2) is 8.06. The van der Waals surface area contributed by atoms with Crippen molar-refractivity contribution in [1.82, 2.24) is 9.29 Å². The predicted octanol–water partition coefficient (Wildman–Crippen LogP) is 1.33. The van der Waals surface area contributed by atoms with E-state index >= 15 is 0 Å². The van der Waals surface area contributed by atoms with Crippen LogP contribution in [-0.4, -0.2) is 63.3 Å². The lowest BCUT2D eigenvalue weighted by Gasteiger charge is -2.38. The normalized spacial score (nSPS) is 23.9. The number of ether oxygens (including phenoxy) is 2. The van der Waals surface area contributed by atoms with Gasteiger partial charge in [0.05, 0.1) is 20.3 Å². The molecule has 2 aromatic rings. The molecule has 3 heterocycles. The number of nitrogens with two attached hydrogens (primary N) is 1. The number of benzene rings is 1. The van der Waals surface area contributed by atoms with Gasteiger partial charge in [-0.1, -0.05) is 0 Å². The monoisotopic (exact) mass is 485 g/mol. The van der Waals surface area contributed by atoms with Crippen molar-refractivity contribution in [3.8, 4) is 5.88 Å². The molecule has 0 amide bonds. The molecule has 9 nitrogen and oxygen atoms in total. The molecule has 2 N–H and O–H groups in total. The van der Waals surface area contributed by atoms with Gasteiger partial charge in [0.15, 0.2) is 11.6 Å². The average molecular weight is 485 g/mol. The van der Waals surface area contributed by atoms with Crippen LogP contribution in [0, 0.1) is 17.5 Å². The van der Waals surface area contributed by atoms with Crippen LogP contribution in [0.25, 0.3) is 0 Å². The number of hydrogen-bond acceptors (Lipinski definition) is 8. The van der Waals surface area contributed by atoms with Crippen molar-refractivity contribution in [1.29, 1.82) is 0 Å². The smallest absolute Gasteiger partial charge is 0.244 e. The second-order valence-electron chi connectivity index (χ2n) is 7.83. The Hall–Kier alpha value is -3.06. The molecule has 2 atom stereocenters. The maximum Gasteiger partial charge on any atom is 0.244 e. The van der Waals surface area contributed by atoms with E-state index in [1.807, 2.05) is 0 Å². The lowest BCUT2D eigenvalue weighted by molar-refractivity contribution is 0.184. The third kappa shape index (κ3) is 3.64. The highest BCUT2D eigenvalue weighted by Crippen LogP contribution is 2.46. The number of nitrogens with zero attached hydrogens (tertiary/aromatic N) is 4. The van der Waals surface area contributed by atoms with E-state index in [0.717, 1.165) is 4.31 Å². The highest BCUT2D eigenvalue weighted by atomic mass is 32.2. The SMILES string of the molecule is COCc1cc(OC)nc(N2CC3[C@](c4cc(F)c(F)cc4F)(C2)N=C(N)N(C)S3(=O)=O)c1. The van der Waals surface area contributed by atoms with Gasteiger partial charge in [0.25, 0.3) is 0 Å². The number of hydrogen-bond donors (Lipinski definition) is 1. The van der Waals surface area contributed by atoms with Crippen molar-refractivity contribution >= 4 is 21.8 Å². The van der Waals surface area contributed by atoms with Gasteiger partial charge in [-0.3, -0.25) is 0 Å². The first-order chi connectivity index (χ1) is 15.5. The molecular weight excluding hydrogens is 463 g/mol. The zero-order valence-corrected chi connectivity index (χ0v) is 18.9. The van der Waals surface area contributed by atoms with Gasteiger partial charge in [0.2, 0.25) is 21.9 Å². The first kappa shape index (κ1) is 23.1. The van der Waals surface area contributed by atoms with Crippen molar-refractivity contribution in [2.45, 2.75) is 17.4 Å². The van der Waals surface area contributed by atoms with Crippen LogP contribution < -0.4 is 15.4 Å². The Balaban J connectivity index is 1.91. The highest BCUT2D eigenvalue weighted by Gasteiger charge is 2.60. The molecule has 1 fully saturated rings. The Morgan fingerprint density at radius 2 is 1.85 bits per heavy atom. The lowest BCUT2D eigenvalue weighted by atomic mass is 9.88. The molecule has 1 unspecified atom stereocenters. The van der Waals surface area contributed by atoms with Crippen LogP contribution in [0.2, 0.25) is 0 Å². The van der Waals surface area contributed by atoms with Crippen LogP contribution in [0.5, 0.6) is 5.88 Å². The highest BCUT2D eigenvalue weighted by molar-refractivity contribution is 7.90. The molecule has 2 aliphatic rings. The van der Waals surface area contributed by atoms with Gasteiger partial charge in [0, 0.05) is 38.4 Å². The van der Waals surface area contributed by atoms with E-state index in [1.165, 1.54) is 21.3 Å². The van der Waals surface area contributed by atoms with Gasteiger partial charge in [-0.15, -0.1) is 0 Å². The summed E-state index contributed by atoms with van der Waals surface area (Å²) in [6, 6.07) is 4.33. The van der Waals surface area contributed by atoms with Crippen molar-refractivity contribution < 1.29 is 31.1 Å². The molecule has 1 saturated heterocycles. The van der Waals surface area contributed by atoms with Gasteiger partial charge in [-0.2, -0.15) is 4.98 Å². The minimum atomic E-state index is -4.14. The first-order valence-electron chi connectivity index (χ1n) is 9.80. The average Bonchev–Trinajstić information content (AvgIpc) is 3.16. The van der Waals surface area contributed by atoms with E-state index in [1.54, 1.807) is 17.0 Å². The minimum absolute atomic E-state index is 0.158. The molecule has 0 aliphatic carbocycles. The minimum Gasteiger partial charge on any atom is -0.481 e. The predicted molar refractivity (Wildman–Crippen MR) is 114 cm³/mol. The summed E-state index contributed by atoms with van der Waals surface area (Å²) < 4.78 is 80.5. The van der Waals surface area contributed by atoms with Crippen molar-refractivity contribution in [2.24, 2.45) is 10.7 Å². The zero-order chi connectivity index (χ0) is 24.1. The summed E-state index contributed by atoms with van der Waals surface area (Å²) in [5.41, 5.74) is 4.34. The molecule has 4 rings (SSSR count). The molecule has 0 bridgehead atoms. The molecular formula is C20H22F3N5O4S. The molecule has 1 aromatic heterocycles. The number of aromatic nitrogens is 1. The second-order valence-corrected chi connectivity index (χ2v) is 9.98. The largest absolute Gasteiger partial charge is 0.481 e. The molecule has 0 saturated carbocycles. The van der Waals surface area contributed by atoms with Gasteiger partial charge >= 0.3 is 0 Å². The number of guanidine groups is 1. The van der Waals surface area contributed by atoms with Crippen LogP contribution in [-0.2, 0) is 26.9 Å². The Morgan fingerprint density at radius 3 is 2.52 bits per heavy atom. The number of anilines is 1. The van der Waals surface area contributed by atoms with E-state index < -0.39 is 49.8 Å². The summed E-state index contributed by atoms with van der Waals surface area (Å²) in [7, 11) is 0.0201. The first-order valence-corrected chi connectivity index (χ1v) is 11.3. The third-order valence-corrected chi connectivity index (χ3v) is 8.11. The van der Waals surface area contributed by atoms with Crippen molar-refractivity contribution in [3.05, 3.63) is 52.8 Å².